The topological polar surface area (TPSA) is 105 Å². The Hall–Kier alpha value is -3.85. The van der Waals surface area contributed by atoms with Gasteiger partial charge in [-0.05, 0) is 73.2 Å². The largest absolute Gasteiger partial charge is 0.357 e. The molecular weight excluding hydrogens is 486 g/mol. The van der Waals surface area contributed by atoms with E-state index >= 15 is 0 Å². The van der Waals surface area contributed by atoms with Crippen LogP contribution in [0.5, 0.6) is 0 Å². The van der Waals surface area contributed by atoms with Crippen LogP contribution in [-0.4, -0.2) is 48.6 Å². The summed E-state index contributed by atoms with van der Waals surface area (Å²) in [6, 6.07) is 14.8. The zero-order valence-corrected chi connectivity index (χ0v) is 21.7. The monoisotopic (exact) mass is 515 g/mol. The van der Waals surface area contributed by atoms with E-state index in [9.17, 15) is 13.2 Å². The molecule has 1 fully saturated rings. The number of carbonyl (C=O) groups is 1. The average Bonchev–Trinajstić information content (AvgIpc) is 2.91. The zero-order chi connectivity index (χ0) is 26.0. The number of hydrogen-bond donors (Lipinski definition) is 1. The number of carbonyl (C=O) groups excluding carboxylic acids is 1. The molecule has 3 aromatic heterocycles. The van der Waals surface area contributed by atoms with Crippen LogP contribution in [0.4, 0.5) is 5.82 Å². The molecule has 0 radical (unpaired) electrons. The molecule has 0 saturated carbocycles. The molecule has 8 nitrogen and oxygen atoms in total. The summed E-state index contributed by atoms with van der Waals surface area (Å²) < 4.78 is 24.0. The predicted octanol–water partition coefficient (Wildman–Crippen LogP) is 4.05. The number of nitrogens with zero attached hydrogens (tertiary/aromatic N) is 4. The van der Waals surface area contributed by atoms with Gasteiger partial charge in [-0.1, -0.05) is 12.1 Å². The number of benzene rings is 1. The fraction of sp³-hybridized carbons (Fsp3) is 0.286. The highest BCUT2D eigenvalue weighted by molar-refractivity contribution is 7.90. The molecule has 1 aliphatic rings. The van der Waals surface area contributed by atoms with E-state index in [0.717, 1.165) is 48.9 Å². The smallest absolute Gasteiger partial charge is 0.251 e. The van der Waals surface area contributed by atoms with Crippen LogP contribution >= 0.6 is 0 Å². The van der Waals surface area contributed by atoms with Crippen molar-refractivity contribution in [3.05, 3.63) is 89.5 Å². The quantitative estimate of drug-likeness (QED) is 0.413. The highest BCUT2D eigenvalue weighted by atomic mass is 32.2. The van der Waals surface area contributed by atoms with E-state index in [1.165, 1.54) is 11.6 Å². The molecule has 0 aliphatic carbocycles. The average molecular weight is 516 g/mol. The van der Waals surface area contributed by atoms with Crippen LogP contribution in [0.25, 0.3) is 10.9 Å². The number of aromatic nitrogens is 3. The summed E-state index contributed by atoms with van der Waals surface area (Å²) in [5.74, 6) is 1.10. The normalized spacial score (nSPS) is 14.6. The van der Waals surface area contributed by atoms with E-state index in [0.29, 0.717) is 22.7 Å². The first-order valence-electron chi connectivity index (χ1n) is 12.3. The molecule has 1 amide bonds. The number of nitrogens with one attached hydrogen (secondary N) is 1. The van der Waals surface area contributed by atoms with Gasteiger partial charge in [0.1, 0.15) is 5.82 Å². The Kier molecular flexibility index (Phi) is 6.88. The molecule has 1 aliphatic heterocycles. The molecule has 190 valence electrons. The number of sulfone groups is 1. The van der Waals surface area contributed by atoms with E-state index in [1.54, 1.807) is 25.3 Å². The van der Waals surface area contributed by atoms with Crippen LogP contribution in [0.3, 0.4) is 0 Å². The first-order chi connectivity index (χ1) is 17.8. The minimum atomic E-state index is -3.42. The van der Waals surface area contributed by atoms with E-state index in [1.807, 2.05) is 36.7 Å². The lowest BCUT2D eigenvalue weighted by Crippen LogP contribution is -2.33. The molecule has 0 bridgehead atoms. The first-order valence-corrected chi connectivity index (χ1v) is 14.2. The van der Waals surface area contributed by atoms with Gasteiger partial charge in [-0.2, -0.15) is 0 Å². The Bertz CT molecular complexity index is 1550. The van der Waals surface area contributed by atoms with Gasteiger partial charge in [0.2, 0.25) is 0 Å². The maximum atomic E-state index is 12.7. The lowest BCUT2D eigenvalue weighted by Gasteiger charge is -2.33. The first kappa shape index (κ1) is 24.8. The highest BCUT2D eigenvalue weighted by Crippen LogP contribution is 2.30. The molecule has 5 rings (SSSR count). The number of amides is 1. The fourth-order valence-electron chi connectivity index (χ4n) is 4.79. The Morgan fingerprint density at radius 1 is 1.08 bits per heavy atom. The van der Waals surface area contributed by atoms with Gasteiger partial charge in [-0.25, -0.2) is 13.4 Å². The highest BCUT2D eigenvalue weighted by Gasteiger charge is 2.22. The Labute approximate surface area is 216 Å². The summed E-state index contributed by atoms with van der Waals surface area (Å²) in [4.78, 5) is 28.8. The molecule has 9 heteroatoms. The number of piperidine rings is 1. The van der Waals surface area contributed by atoms with Crippen LogP contribution in [0.15, 0.2) is 72.0 Å². The minimum Gasteiger partial charge on any atom is -0.357 e. The van der Waals surface area contributed by atoms with Crippen molar-refractivity contribution in [1.82, 2.24) is 20.3 Å². The maximum Gasteiger partial charge on any atom is 0.251 e. The third kappa shape index (κ3) is 5.61. The van der Waals surface area contributed by atoms with Gasteiger partial charge in [0.25, 0.3) is 5.91 Å². The van der Waals surface area contributed by atoms with Crippen LogP contribution in [0, 0.1) is 6.92 Å². The van der Waals surface area contributed by atoms with E-state index < -0.39 is 9.84 Å². The molecule has 37 heavy (non-hydrogen) atoms. The van der Waals surface area contributed by atoms with Crippen molar-refractivity contribution in [3.63, 3.8) is 0 Å². The number of anilines is 1. The summed E-state index contributed by atoms with van der Waals surface area (Å²) in [6.45, 7) is 3.77. The van der Waals surface area contributed by atoms with Crippen molar-refractivity contribution in [2.24, 2.45) is 0 Å². The molecule has 1 aromatic carbocycles. The van der Waals surface area contributed by atoms with Gasteiger partial charge in [0, 0.05) is 48.9 Å². The Balaban J connectivity index is 1.26. The second kappa shape index (κ2) is 10.3. The summed E-state index contributed by atoms with van der Waals surface area (Å²) in [5.41, 5.74) is 3.70. The van der Waals surface area contributed by atoms with Gasteiger partial charge in [-0.3, -0.25) is 14.8 Å². The third-order valence-electron chi connectivity index (χ3n) is 6.87. The van der Waals surface area contributed by atoms with Gasteiger partial charge in [0.15, 0.2) is 9.84 Å². The van der Waals surface area contributed by atoms with Crippen molar-refractivity contribution < 1.29 is 13.2 Å². The number of aryl methyl sites for hydroxylation is 1. The number of fused-ring (bicyclic) bond motifs is 1. The predicted molar refractivity (Wildman–Crippen MR) is 143 cm³/mol. The molecule has 0 atom stereocenters. The summed E-state index contributed by atoms with van der Waals surface area (Å²) in [7, 11) is -3.42. The lowest BCUT2D eigenvalue weighted by molar-refractivity contribution is 0.0950. The number of pyridine rings is 3. The van der Waals surface area contributed by atoms with Crippen molar-refractivity contribution in [2.45, 2.75) is 37.1 Å². The molecule has 1 saturated heterocycles. The van der Waals surface area contributed by atoms with Crippen molar-refractivity contribution in [2.75, 3.05) is 24.2 Å². The van der Waals surface area contributed by atoms with Crippen molar-refractivity contribution in [3.8, 4) is 0 Å². The Morgan fingerprint density at radius 3 is 2.62 bits per heavy atom. The second-order valence-electron chi connectivity index (χ2n) is 9.52. The summed E-state index contributed by atoms with van der Waals surface area (Å²) >= 11 is 0. The van der Waals surface area contributed by atoms with Crippen molar-refractivity contribution in [1.29, 1.82) is 0 Å². The second-order valence-corrected chi connectivity index (χ2v) is 11.5. The molecular formula is C28H29N5O3S. The maximum absolute atomic E-state index is 12.7. The fourth-order valence-corrected chi connectivity index (χ4v) is 5.79. The van der Waals surface area contributed by atoms with Crippen LogP contribution in [0.2, 0.25) is 0 Å². The third-order valence-corrected chi connectivity index (χ3v) is 8.11. The van der Waals surface area contributed by atoms with Crippen LogP contribution in [0.1, 0.15) is 45.9 Å². The van der Waals surface area contributed by atoms with Gasteiger partial charge in [-0.15, -0.1) is 0 Å². The number of rotatable bonds is 6. The molecule has 0 unspecified atom stereocenters. The van der Waals surface area contributed by atoms with Gasteiger partial charge in [0.05, 0.1) is 22.7 Å². The zero-order valence-electron chi connectivity index (χ0n) is 20.9. The van der Waals surface area contributed by atoms with Crippen LogP contribution in [-0.2, 0) is 16.4 Å². The SMILES string of the molecule is Cc1ccc(C(=O)NCc2cc3nc(N4CCC(c5cccnc5)CC4)ccc3cn2)cc1S(C)(=O)=O. The standard InChI is InChI=1S/C28H29N5O3S/c1-19-5-6-21(14-26(19)37(2,35)36)28(34)31-18-24-15-25-23(17-30-24)7-8-27(32-25)33-12-9-20(10-13-33)22-4-3-11-29-16-22/h3-8,11,14-17,20H,9-10,12-13,18H2,1-2H3,(H,31,34). The summed E-state index contributed by atoms with van der Waals surface area (Å²) in [5, 5.41) is 3.77. The Morgan fingerprint density at radius 2 is 1.89 bits per heavy atom. The van der Waals surface area contributed by atoms with E-state index in [2.05, 4.69) is 26.3 Å². The van der Waals surface area contributed by atoms with Crippen molar-refractivity contribution >= 4 is 32.5 Å². The van der Waals surface area contributed by atoms with Gasteiger partial charge >= 0.3 is 0 Å². The number of hydrogen-bond acceptors (Lipinski definition) is 7. The molecule has 4 aromatic rings. The lowest BCUT2D eigenvalue weighted by atomic mass is 9.90. The summed E-state index contributed by atoms with van der Waals surface area (Å²) in [6.07, 6.45) is 8.78. The molecule has 1 N–H and O–H groups in total. The molecule has 4 heterocycles. The van der Waals surface area contributed by atoms with E-state index in [-0.39, 0.29) is 17.3 Å². The van der Waals surface area contributed by atoms with Gasteiger partial charge < -0.3 is 10.2 Å². The molecule has 0 spiro atoms. The van der Waals surface area contributed by atoms with E-state index in [4.69, 9.17) is 4.98 Å². The van der Waals surface area contributed by atoms with Crippen LogP contribution < -0.4 is 10.2 Å². The minimum absolute atomic E-state index is 0.158.